The van der Waals surface area contributed by atoms with Crippen molar-refractivity contribution < 1.29 is 4.79 Å². The van der Waals surface area contributed by atoms with E-state index in [1.807, 2.05) is 24.3 Å². The number of hydrogen-bond donors (Lipinski definition) is 1. The summed E-state index contributed by atoms with van der Waals surface area (Å²) in [4.78, 5) is 10.8. The van der Waals surface area contributed by atoms with E-state index in [2.05, 4.69) is 5.32 Å². The molecule has 1 aliphatic heterocycles. The number of amides is 1. The third-order valence-electron chi connectivity index (χ3n) is 1.64. The van der Waals surface area contributed by atoms with Crippen LogP contribution < -0.4 is 5.32 Å². The molecule has 2 rings (SSSR count). The summed E-state index contributed by atoms with van der Waals surface area (Å²) in [6.45, 7) is 0. The number of fused-ring (bicyclic) bond motifs is 1. The van der Waals surface area contributed by atoms with Gasteiger partial charge in [-0.2, -0.15) is 0 Å². The molecule has 1 heterocycles. The Morgan fingerprint density at radius 3 is 2.73 bits per heavy atom. The fourth-order valence-corrected chi connectivity index (χ4v) is 1.16. The Labute approximate surface area is 87.3 Å². The van der Waals surface area contributed by atoms with Crippen molar-refractivity contribution in [3.05, 3.63) is 29.8 Å². The average molecular weight is 157 g/mol. The molecule has 1 amide bonds. The molecule has 1 N–H and O–H groups in total. The van der Waals surface area contributed by atoms with Gasteiger partial charge < -0.3 is 5.32 Å². The van der Waals surface area contributed by atoms with Crippen molar-refractivity contribution in [3.63, 3.8) is 0 Å². The van der Waals surface area contributed by atoms with E-state index in [0.717, 1.165) is 11.3 Å². The van der Waals surface area contributed by atoms with E-state index < -0.39 is 0 Å². The van der Waals surface area contributed by atoms with Gasteiger partial charge in [0.2, 0.25) is 5.91 Å². The van der Waals surface area contributed by atoms with E-state index in [1.54, 1.807) is 0 Å². The molecule has 1 aromatic carbocycles. The van der Waals surface area contributed by atoms with Crippen LogP contribution in [0.1, 0.15) is 5.56 Å². The minimum atomic E-state index is 0. The van der Waals surface area contributed by atoms with Gasteiger partial charge in [0.15, 0.2) is 0 Å². The quantitative estimate of drug-likeness (QED) is 0.547. The Morgan fingerprint density at radius 1 is 1.27 bits per heavy atom. The van der Waals surface area contributed by atoms with Gasteiger partial charge >= 0.3 is 29.6 Å². The molecule has 0 radical (unpaired) electrons. The molecule has 52 valence electrons. The fraction of sp³-hybridized carbons (Fsp3) is 0.125. The van der Waals surface area contributed by atoms with Gasteiger partial charge in [-0.25, -0.2) is 0 Å². The molecule has 11 heavy (non-hydrogen) atoms. The monoisotopic (exact) mass is 157 g/mol. The van der Waals surface area contributed by atoms with Crippen molar-refractivity contribution in [2.45, 2.75) is 6.42 Å². The average Bonchev–Trinajstić information content (AvgIpc) is 2.27. The molecule has 2 nitrogen and oxygen atoms in total. The Kier molecular flexibility index (Phi) is 2.71. The van der Waals surface area contributed by atoms with Crippen molar-refractivity contribution in [3.8, 4) is 0 Å². The predicted octanol–water partition coefficient (Wildman–Crippen LogP) is 0.533. The first-order valence-electron chi connectivity index (χ1n) is 3.24. The summed E-state index contributed by atoms with van der Waals surface area (Å²) in [5.74, 6) is 0.0983. The molecule has 3 heteroatoms. The molecule has 0 aromatic heterocycles. The number of anilines is 1. The molecule has 0 saturated carbocycles. The van der Waals surface area contributed by atoms with Crippen molar-refractivity contribution in [2.75, 3.05) is 5.32 Å². The number of carbonyl (C=O) groups is 1. The Bertz CT molecular complexity index is 258. The maximum atomic E-state index is 10.8. The summed E-state index contributed by atoms with van der Waals surface area (Å²) >= 11 is 0. The van der Waals surface area contributed by atoms with Crippen LogP contribution >= 0.6 is 0 Å². The summed E-state index contributed by atoms with van der Waals surface area (Å²) in [7, 11) is 0. The van der Waals surface area contributed by atoms with Crippen LogP contribution in [-0.2, 0) is 11.2 Å². The van der Waals surface area contributed by atoms with Gasteiger partial charge in [0.1, 0.15) is 0 Å². The van der Waals surface area contributed by atoms with Crippen molar-refractivity contribution in [2.24, 2.45) is 0 Å². The SMILES string of the molecule is O=C1Cc2ccccc2N1.[NaH]. The van der Waals surface area contributed by atoms with Crippen LogP contribution in [-0.4, -0.2) is 35.5 Å². The van der Waals surface area contributed by atoms with Gasteiger partial charge in [0, 0.05) is 5.69 Å². The first-order valence-corrected chi connectivity index (χ1v) is 3.24. The molecular formula is C8H8NNaO. The molecule has 1 aromatic rings. The van der Waals surface area contributed by atoms with Gasteiger partial charge in [-0.15, -0.1) is 0 Å². The molecule has 0 fully saturated rings. The van der Waals surface area contributed by atoms with Gasteiger partial charge in [0.05, 0.1) is 6.42 Å². The van der Waals surface area contributed by atoms with Crippen LogP contribution in [0.5, 0.6) is 0 Å². The zero-order valence-electron chi connectivity index (χ0n) is 5.42. The number of hydrogen-bond acceptors (Lipinski definition) is 1. The molecule has 0 unspecified atom stereocenters. The second kappa shape index (κ2) is 3.39. The molecular weight excluding hydrogens is 149 g/mol. The molecule has 1 aliphatic rings. The van der Waals surface area contributed by atoms with E-state index in [0.29, 0.717) is 6.42 Å². The van der Waals surface area contributed by atoms with Crippen LogP contribution in [0.25, 0.3) is 0 Å². The summed E-state index contributed by atoms with van der Waals surface area (Å²) in [5, 5.41) is 2.76. The number of para-hydroxylation sites is 1. The topological polar surface area (TPSA) is 29.1 Å². The molecule has 0 spiro atoms. The summed E-state index contributed by atoms with van der Waals surface area (Å²) in [6.07, 6.45) is 0.538. The number of carbonyl (C=O) groups excluding carboxylic acids is 1. The van der Waals surface area contributed by atoms with E-state index in [-0.39, 0.29) is 35.5 Å². The summed E-state index contributed by atoms with van der Waals surface area (Å²) in [5.41, 5.74) is 2.07. The van der Waals surface area contributed by atoms with E-state index in [1.165, 1.54) is 0 Å². The zero-order valence-corrected chi connectivity index (χ0v) is 5.42. The van der Waals surface area contributed by atoms with Gasteiger partial charge in [-0.05, 0) is 11.6 Å². The van der Waals surface area contributed by atoms with Crippen LogP contribution in [0.15, 0.2) is 24.3 Å². The van der Waals surface area contributed by atoms with Crippen molar-refractivity contribution in [1.82, 2.24) is 0 Å². The van der Waals surface area contributed by atoms with E-state index >= 15 is 0 Å². The van der Waals surface area contributed by atoms with Crippen LogP contribution in [0, 0.1) is 0 Å². The molecule has 0 aliphatic carbocycles. The second-order valence-electron chi connectivity index (χ2n) is 2.38. The summed E-state index contributed by atoms with van der Waals surface area (Å²) < 4.78 is 0. The molecule has 0 saturated heterocycles. The first kappa shape index (κ1) is 8.78. The first-order chi connectivity index (χ1) is 4.86. The zero-order chi connectivity index (χ0) is 6.97. The van der Waals surface area contributed by atoms with Gasteiger partial charge in [-0.3, -0.25) is 4.79 Å². The minimum absolute atomic E-state index is 0. The van der Waals surface area contributed by atoms with E-state index in [9.17, 15) is 4.79 Å². The molecule has 0 atom stereocenters. The molecule has 0 bridgehead atoms. The second-order valence-corrected chi connectivity index (χ2v) is 2.38. The number of benzene rings is 1. The Morgan fingerprint density at radius 2 is 2.00 bits per heavy atom. The van der Waals surface area contributed by atoms with Crippen molar-refractivity contribution >= 4 is 41.2 Å². The summed E-state index contributed by atoms with van der Waals surface area (Å²) in [6, 6.07) is 7.75. The number of rotatable bonds is 0. The normalized spacial score (nSPS) is 13.3. The predicted molar refractivity (Wildman–Crippen MR) is 45.9 cm³/mol. The van der Waals surface area contributed by atoms with Crippen molar-refractivity contribution in [1.29, 1.82) is 0 Å². The fourth-order valence-electron chi connectivity index (χ4n) is 1.16. The Hall–Kier alpha value is -0.310. The number of nitrogens with one attached hydrogen (secondary N) is 1. The van der Waals surface area contributed by atoms with Crippen LogP contribution in [0.3, 0.4) is 0 Å². The van der Waals surface area contributed by atoms with Crippen LogP contribution in [0.2, 0.25) is 0 Å². The van der Waals surface area contributed by atoms with Gasteiger partial charge in [-0.1, -0.05) is 18.2 Å². The third-order valence-corrected chi connectivity index (χ3v) is 1.64. The third kappa shape index (κ3) is 1.64. The van der Waals surface area contributed by atoms with Gasteiger partial charge in [0.25, 0.3) is 0 Å². The maximum absolute atomic E-state index is 10.8. The standard InChI is InChI=1S/C8H7NO.Na.H/c10-8-5-6-3-1-2-4-7(6)9-8;;/h1-4H,5H2,(H,9,10);;. The van der Waals surface area contributed by atoms with Crippen LogP contribution in [0.4, 0.5) is 5.69 Å². The van der Waals surface area contributed by atoms with E-state index in [4.69, 9.17) is 0 Å². The Balaban J connectivity index is 0.000000605.